The lowest BCUT2D eigenvalue weighted by atomic mass is 10.0. The summed E-state index contributed by atoms with van der Waals surface area (Å²) in [5, 5.41) is 9.91. The predicted molar refractivity (Wildman–Crippen MR) is 97.9 cm³/mol. The molecule has 2 aromatic carbocycles. The molecule has 0 amide bonds. The molecule has 25 heavy (non-hydrogen) atoms. The maximum absolute atomic E-state index is 9.91. The summed E-state index contributed by atoms with van der Waals surface area (Å²) in [6.07, 6.45) is 2.46. The maximum Gasteiger partial charge on any atom is 0.130 e. The predicted octanol–water partition coefficient (Wildman–Crippen LogP) is 3.34. The van der Waals surface area contributed by atoms with Gasteiger partial charge in [0.05, 0.1) is 40.6 Å². The highest BCUT2D eigenvalue weighted by Gasteiger charge is 2.15. The molecule has 0 aliphatic rings. The molecule has 0 fully saturated rings. The van der Waals surface area contributed by atoms with Crippen molar-refractivity contribution in [3.05, 3.63) is 53.6 Å². The van der Waals surface area contributed by atoms with Gasteiger partial charge >= 0.3 is 0 Å². The van der Waals surface area contributed by atoms with Crippen molar-refractivity contribution in [2.45, 2.75) is 6.42 Å². The highest BCUT2D eigenvalue weighted by Crippen LogP contribution is 2.36. The Morgan fingerprint density at radius 2 is 1.24 bits per heavy atom. The van der Waals surface area contributed by atoms with Crippen molar-refractivity contribution in [2.75, 3.05) is 35.0 Å². The second-order valence-electron chi connectivity index (χ2n) is 5.27. The SMILES string of the molecule is COc1cccc(OC)c1C/C=C(/CO)c1c(OC)cccc1OC. The number of hydrogen-bond acceptors (Lipinski definition) is 5. The number of hydrogen-bond donors (Lipinski definition) is 1. The van der Waals surface area contributed by atoms with Crippen molar-refractivity contribution >= 4 is 5.57 Å². The molecule has 0 aromatic heterocycles. The first kappa shape index (κ1) is 18.7. The molecule has 0 heterocycles. The monoisotopic (exact) mass is 344 g/mol. The Balaban J connectivity index is 2.47. The van der Waals surface area contributed by atoms with Crippen LogP contribution < -0.4 is 18.9 Å². The first-order valence-corrected chi connectivity index (χ1v) is 7.91. The van der Waals surface area contributed by atoms with E-state index in [4.69, 9.17) is 18.9 Å². The number of benzene rings is 2. The summed E-state index contributed by atoms with van der Waals surface area (Å²) in [5.74, 6) is 2.76. The molecule has 0 radical (unpaired) electrons. The summed E-state index contributed by atoms with van der Waals surface area (Å²) in [6.45, 7) is -0.145. The summed E-state index contributed by atoms with van der Waals surface area (Å²) in [7, 11) is 6.43. The quantitative estimate of drug-likeness (QED) is 0.796. The van der Waals surface area contributed by atoms with Crippen molar-refractivity contribution in [2.24, 2.45) is 0 Å². The smallest absolute Gasteiger partial charge is 0.130 e. The van der Waals surface area contributed by atoms with E-state index in [-0.39, 0.29) is 6.61 Å². The molecular weight excluding hydrogens is 320 g/mol. The van der Waals surface area contributed by atoms with Gasteiger partial charge in [0.1, 0.15) is 23.0 Å². The van der Waals surface area contributed by atoms with Gasteiger partial charge in [-0.05, 0) is 36.3 Å². The number of ether oxygens (including phenoxy) is 4. The normalized spacial score (nSPS) is 11.2. The lowest BCUT2D eigenvalue weighted by Gasteiger charge is -2.16. The van der Waals surface area contributed by atoms with Gasteiger partial charge in [-0.15, -0.1) is 0 Å². The van der Waals surface area contributed by atoms with Crippen molar-refractivity contribution in [1.29, 1.82) is 0 Å². The standard InChI is InChI=1S/C20H24O5/c1-22-16-7-5-8-17(23-2)15(16)12-11-14(13-21)20-18(24-3)9-6-10-19(20)25-4/h5-11,21H,12-13H2,1-4H3/b14-11-. The molecule has 5 nitrogen and oxygen atoms in total. The van der Waals surface area contributed by atoms with Gasteiger partial charge in [0.15, 0.2) is 0 Å². The molecule has 0 saturated heterocycles. The van der Waals surface area contributed by atoms with Gasteiger partial charge in [-0.3, -0.25) is 0 Å². The summed E-state index contributed by atoms with van der Waals surface area (Å²) in [5.41, 5.74) is 2.36. The Morgan fingerprint density at radius 1 is 0.800 bits per heavy atom. The fourth-order valence-corrected chi connectivity index (χ4v) is 2.77. The molecule has 2 rings (SSSR count). The molecule has 0 aliphatic heterocycles. The van der Waals surface area contributed by atoms with Crippen LogP contribution in [0.3, 0.4) is 0 Å². The van der Waals surface area contributed by atoms with Gasteiger partial charge in [0, 0.05) is 5.56 Å². The zero-order valence-electron chi connectivity index (χ0n) is 15.0. The highest BCUT2D eigenvalue weighted by molar-refractivity contribution is 5.76. The Kier molecular flexibility index (Phi) is 6.71. The summed E-state index contributed by atoms with van der Waals surface area (Å²) < 4.78 is 21.7. The molecule has 2 aromatic rings. The van der Waals surface area contributed by atoms with Crippen LogP contribution in [0.25, 0.3) is 5.57 Å². The Bertz CT molecular complexity index is 692. The third kappa shape index (κ3) is 4.06. The third-order valence-electron chi connectivity index (χ3n) is 4.00. The number of rotatable bonds is 8. The summed E-state index contributed by atoms with van der Waals surface area (Å²) in [4.78, 5) is 0. The molecule has 1 N–H and O–H groups in total. The molecule has 0 atom stereocenters. The van der Waals surface area contributed by atoms with Gasteiger partial charge in [-0.1, -0.05) is 18.2 Å². The first-order valence-electron chi connectivity index (χ1n) is 7.91. The average molecular weight is 344 g/mol. The topological polar surface area (TPSA) is 57.2 Å². The van der Waals surface area contributed by atoms with Gasteiger partial charge in [-0.2, -0.15) is 0 Å². The second kappa shape index (κ2) is 8.99. The lowest BCUT2D eigenvalue weighted by Crippen LogP contribution is -2.01. The van der Waals surface area contributed by atoms with Crippen LogP contribution in [0.1, 0.15) is 11.1 Å². The molecular formula is C20H24O5. The van der Waals surface area contributed by atoms with Crippen molar-refractivity contribution < 1.29 is 24.1 Å². The zero-order valence-corrected chi connectivity index (χ0v) is 15.0. The molecule has 0 bridgehead atoms. The Hall–Kier alpha value is -2.66. The first-order chi connectivity index (χ1) is 12.2. The number of methoxy groups -OCH3 is 4. The van der Waals surface area contributed by atoms with E-state index in [1.54, 1.807) is 28.4 Å². The molecule has 134 valence electrons. The Labute approximate surface area is 148 Å². The van der Waals surface area contributed by atoms with Crippen molar-refractivity contribution in [3.63, 3.8) is 0 Å². The van der Waals surface area contributed by atoms with Crippen LogP contribution in [0.5, 0.6) is 23.0 Å². The van der Waals surface area contributed by atoms with Crippen LogP contribution in [-0.4, -0.2) is 40.2 Å². The fraction of sp³-hybridized carbons (Fsp3) is 0.300. The van der Waals surface area contributed by atoms with Crippen molar-refractivity contribution in [1.82, 2.24) is 0 Å². The zero-order chi connectivity index (χ0) is 18.2. The summed E-state index contributed by atoms with van der Waals surface area (Å²) >= 11 is 0. The van der Waals surface area contributed by atoms with Crippen LogP contribution in [0, 0.1) is 0 Å². The van der Waals surface area contributed by atoms with Crippen molar-refractivity contribution in [3.8, 4) is 23.0 Å². The van der Waals surface area contributed by atoms with Crippen LogP contribution in [0.4, 0.5) is 0 Å². The van der Waals surface area contributed by atoms with Gasteiger partial charge in [0.25, 0.3) is 0 Å². The van der Waals surface area contributed by atoms with Gasteiger partial charge in [0.2, 0.25) is 0 Å². The largest absolute Gasteiger partial charge is 0.496 e. The third-order valence-corrected chi connectivity index (χ3v) is 4.00. The van der Waals surface area contributed by atoms with E-state index in [2.05, 4.69) is 0 Å². The molecule has 0 saturated carbocycles. The molecule has 0 aliphatic carbocycles. The number of allylic oxidation sites excluding steroid dienone is 1. The van der Waals surface area contributed by atoms with Crippen LogP contribution in [-0.2, 0) is 6.42 Å². The minimum atomic E-state index is -0.145. The number of aliphatic hydroxyl groups excluding tert-OH is 1. The van der Waals surface area contributed by atoms with E-state index in [0.29, 0.717) is 23.5 Å². The average Bonchev–Trinajstić information content (AvgIpc) is 2.67. The minimum Gasteiger partial charge on any atom is -0.496 e. The lowest BCUT2D eigenvalue weighted by molar-refractivity contribution is 0.345. The fourth-order valence-electron chi connectivity index (χ4n) is 2.77. The van der Waals surface area contributed by atoms with Gasteiger partial charge in [-0.25, -0.2) is 0 Å². The van der Waals surface area contributed by atoms with Gasteiger partial charge < -0.3 is 24.1 Å². The van der Waals surface area contributed by atoms with E-state index in [1.807, 2.05) is 42.5 Å². The Morgan fingerprint density at radius 3 is 1.64 bits per heavy atom. The van der Waals surface area contributed by atoms with E-state index < -0.39 is 0 Å². The van der Waals surface area contributed by atoms with Crippen LogP contribution in [0.2, 0.25) is 0 Å². The van der Waals surface area contributed by atoms with Crippen LogP contribution >= 0.6 is 0 Å². The maximum atomic E-state index is 9.91. The second-order valence-corrected chi connectivity index (χ2v) is 5.27. The van der Waals surface area contributed by atoms with E-state index >= 15 is 0 Å². The summed E-state index contributed by atoms with van der Waals surface area (Å²) in [6, 6.07) is 11.2. The van der Waals surface area contributed by atoms with E-state index in [1.165, 1.54) is 0 Å². The molecule has 0 unspecified atom stereocenters. The molecule has 5 heteroatoms. The van der Waals surface area contributed by atoms with E-state index in [0.717, 1.165) is 22.6 Å². The van der Waals surface area contributed by atoms with E-state index in [9.17, 15) is 5.11 Å². The number of aliphatic hydroxyl groups is 1. The minimum absolute atomic E-state index is 0.145. The molecule has 0 spiro atoms. The van der Waals surface area contributed by atoms with Crippen LogP contribution in [0.15, 0.2) is 42.5 Å². The highest BCUT2D eigenvalue weighted by atomic mass is 16.5.